The van der Waals surface area contributed by atoms with Gasteiger partial charge in [0, 0.05) is 18.8 Å². The van der Waals surface area contributed by atoms with Crippen molar-refractivity contribution in [1.29, 1.82) is 0 Å². The molecular formula is C16H22N4O3. The summed E-state index contributed by atoms with van der Waals surface area (Å²) in [6.45, 7) is 5.02. The molecule has 7 nitrogen and oxygen atoms in total. The number of carbonyl (C=O) groups excluding carboxylic acids is 1. The molecule has 3 rings (SSSR count). The maximum atomic E-state index is 12.9. The van der Waals surface area contributed by atoms with Crippen molar-refractivity contribution < 1.29 is 14.4 Å². The number of pyridine rings is 1. The van der Waals surface area contributed by atoms with Gasteiger partial charge in [-0.05, 0) is 40.4 Å². The third kappa shape index (κ3) is 2.94. The van der Waals surface area contributed by atoms with Gasteiger partial charge < -0.3 is 19.4 Å². The van der Waals surface area contributed by atoms with Crippen LogP contribution >= 0.6 is 0 Å². The minimum absolute atomic E-state index is 0.110. The van der Waals surface area contributed by atoms with Crippen LogP contribution in [0, 0.1) is 13.8 Å². The fourth-order valence-corrected chi connectivity index (χ4v) is 3.30. The number of carbonyl (C=O) groups is 1. The van der Waals surface area contributed by atoms with Gasteiger partial charge in [0.2, 0.25) is 0 Å². The normalized spacial score (nSPS) is 21.6. The van der Waals surface area contributed by atoms with E-state index in [2.05, 4.69) is 10.1 Å². The summed E-state index contributed by atoms with van der Waals surface area (Å²) in [5, 5.41) is 15.2. The van der Waals surface area contributed by atoms with Crippen molar-refractivity contribution in [3.8, 4) is 0 Å². The van der Waals surface area contributed by atoms with E-state index in [9.17, 15) is 9.90 Å². The Kier molecular flexibility index (Phi) is 3.85. The second-order valence-electron chi connectivity index (χ2n) is 6.70. The summed E-state index contributed by atoms with van der Waals surface area (Å²) in [4.78, 5) is 20.9. The third-order valence-corrected chi connectivity index (χ3v) is 4.21. The quantitative estimate of drug-likeness (QED) is 0.908. The van der Waals surface area contributed by atoms with E-state index in [1.807, 2.05) is 25.9 Å². The highest BCUT2D eigenvalue weighted by atomic mass is 16.5. The maximum absolute atomic E-state index is 12.9. The number of β-amino-alcohol motifs (C(OH)–C–C–N with tert-alkyl or cyclic N) is 1. The van der Waals surface area contributed by atoms with Crippen LogP contribution in [0.4, 0.5) is 0 Å². The lowest BCUT2D eigenvalue weighted by Crippen LogP contribution is -2.43. The lowest BCUT2D eigenvalue weighted by atomic mass is 10.0. The largest absolute Gasteiger partial charge is 0.387 e. The van der Waals surface area contributed by atoms with E-state index in [4.69, 9.17) is 4.52 Å². The number of fused-ring (bicyclic) bond motifs is 1. The van der Waals surface area contributed by atoms with Gasteiger partial charge >= 0.3 is 0 Å². The SMILES string of the molecule is Cc1cc(C(=O)N2CC[C@@](O)(CN(C)C)C2)c2c(C)noc2n1. The van der Waals surface area contributed by atoms with Crippen molar-refractivity contribution in [3.63, 3.8) is 0 Å². The van der Waals surface area contributed by atoms with E-state index in [1.165, 1.54) is 0 Å². The highest BCUT2D eigenvalue weighted by Crippen LogP contribution is 2.27. The van der Waals surface area contributed by atoms with Crippen LogP contribution in [0.2, 0.25) is 0 Å². The third-order valence-electron chi connectivity index (χ3n) is 4.21. The van der Waals surface area contributed by atoms with Crippen LogP contribution in [0.15, 0.2) is 10.6 Å². The van der Waals surface area contributed by atoms with E-state index in [-0.39, 0.29) is 5.91 Å². The van der Waals surface area contributed by atoms with Gasteiger partial charge in [0.05, 0.1) is 28.8 Å². The smallest absolute Gasteiger partial charge is 0.258 e. The van der Waals surface area contributed by atoms with Gasteiger partial charge in [-0.2, -0.15) is 0 Å². The first-order chi connectivity index (χ1) is 10.8. The Labute approximate surface area is 134 Å². The Hall–Kier alpha value is -1.99. The van der Waals surface area contributed by atoms with Crippen molar-refractivity contribution in [2.75, 3.05) is 33.7 Å². The van der Waals surface area contributed by atoms with Crippen LogP contribution in [-0.4, -0.2) is 70.3 Å². The molecule has 1 N–H and O–H groups in total. The molecule has 2 aromatic rings. The molecule has 3 heterocycles. The zero-order valence-electron chi connectivity index (χ0n) is 14.0. The summed E-state index contributed by atoms with van der Waals surface area (Å²) >= 11 is 0. The van der Waals surface area contributed by atoms with E-state index >= 15 is 0 Å². The van der Waals surface area contributed by atoms with Crippen molar-refractivity contribution in [2.45, 2.75) is 25.9 Å². The van der Waals surface area contributed by atoms with Gasteiger partial charge in [0.15, 0.2) is 0 Å². The number of rotatable bonds is 3. The maximum Gasteiger partial charge on any atom is 0.258 e. The first-order valence-electron chi connectivity index (χ1n) is 7.69. The Morgan fingerprint density at radius 1 is 1.48 bits per heavy atom. The molecule has 0 unspecified atom stereocenters. The van der Waals surface area contributed by atoms with Gasteiger partial charge in [-0.1, -0.05) is 5.16 Å². The van der Waals surface area contributed by atoms with Gasteiger partial charge in [0.1, 0.15) is 0 Å². The molecule has 0 saturated carbocycles. The zero-order valence-corrected chi connectivity index (χ0v) is 14.0. The number of aromatic nitrogens is 2. The molecule has 0 bridgehead atoms. The average molecular weight is 318 g/mol. The highest BCUT2D eigenvalue weighted by molar-refractivity contribution is 6.06. The molecule has 1 fully saturated rings. The van der Waals surface area contributed by atoms with E-state index in [0.29, 0.717) is 54.1 Å². The number of likely N-dealkylation sites (N-methyl/N-ethyl adjacent to an activating group) is 1. The van der Waals surface area contributed by atoms with Crippen molar-refractivity contribution in [1.82, 2.24) is 19.9 Å². The Balaban J connectivity index is 1.91. The molecular weight excluding hydrogens is 296 g/mol. The van der Waals surface area contributed by atoms with Crippen LogP contribution in [0.5, 0.6) is 0 Å². The van der Waals surface area contributed by atoms with Crippen LogP contribution in [0.3, 0.4) is 0 Å². The van der Waals surface area contributed by atoms with Crippen molar-refractivity contribution >= 4 is 17.0 Å². The number of nitrogens with zero attached hydrogens (tertiary/aromatic N) is 4. The summed E-state index contributed by atoms with van der Waals surface area (Å²) in [5.41, 5.74) is 1.43. The fraction of sp³-hybridized carbons (Fsp3) is 0.562. The molecule has 2 aromatic heterocycles. The number of aryl methyl sites for hydroxylation is 2. The van der Waals surface area contributed by atoms with Gasteiger partial charge in [-0.3, -0.25) is 4.79 Å². The Bertz CT molecular complexity index is 755. The molecule has 1 aliphatic rings. The first-order valence-corrected chi connectivity index (χ1v) is 7.69. The number of hydrogen-bond donors (Lipinski definition) is 1. The van der Waals surface area contributed by atoms with Gasteiger partial charge in [0.25, 0.3) is 11.6 Å². The van der Waals surface area contributed by atoms with Gasteiger partial charge in [-0.25, -0.2) is 4.98 Å². The molecule has 1 saturated heterocycles. The lowest BCUT2D eigenvalue weighted by molar-refractivity contribution is 0.0236. The van der Waals surface area contributed by atoms with E-state index < -0.39 is 5.60 Å². The molecule has 0 spiro atoms. The number of aliphatic hydroxyl groups is 1. The Morgan fingerprint density at radius 2 is 2.22 bits per heavy atom. The average Bonchev–Trinajstić information content (AvgIpc) is 3.00. The molecule has 1 amide bonds. The first kappa shape index (κ1) is 15.9. The molecule has 0 radical (unpaired) electrons. The van der Waals surface area contributed by atoms with Crippen molar-refractivity contribution in [2.24, 2.45) is 0 Å². The summed E-state index contributed by atoms with van der Waals surface area (Å²) in [6.07, 6.45) is 0.576. The lowest BCUT2D eigenvalue weighted by Gasteiger charge is -2.26. The summed E-state index contributed by atoms with van der Waals surface area (Å²) < 4.78 is 5.19. The molecule has 1 atom stereocenters. The molecule has 1 aliphatic heterocycles. The molecule has 0 aliphatic carbocycles. The minimum Gasteiger partial charge on any atom is -0.387 e. The van der Waals surface area contributed by atoms with Gasteiger partial charge in [-0.15, -0.1) is 0 Å². The fourth-order valence-electron chi connectivity index (χ4n) is 3.30. The molecule has 124 valence electrons. The van der Waals surface area contributed by atoms with Crippen LogP contribution in [0.25, 0.3) is 11.1 Å². The predicted octanol–water partition coefficient (Wildman–Crippen LogP) is 0.978. The second kappa shape index (κ2) is 5.58. The van der Waals surface area contributed by atoms with E-state index in [0.717, 1.165) is 0 Å². The number of likely N-dealkylation sites (tertiary alicyclic amines) is 1. The predicted molar refractivity (Wildman–Crippen MR) is 85.3 cm³/mol. The van der Waals surface area contributed by atoms with Crippen LogP contribution < -0.4 is 0 Å². The molecule has 7 heteroatoms. The zero-order chi connectivity index (χ0) is 16.8. The summed E-state index contributed by atoms with van der Waals surface area (Å²) in [5.74, 6) is -0.110. The number of hydrogen-bond acceptors (Lipinski definition) is 6. The molecule has 23 heavy (non-hydrogen) atoms. The standard InChI is InChI=1S/C16H22N4O3/c1-10-7-12(13-11(2)18-23-14(13)17-10)15(21)20-6-5-16(22,9-20)8-19(3)4/h7,22H,5-6,8-9H2,1-4H3/t16-/m1/s1. The second-order valence-corrected chi connectivity index (χ2v) is 6.70. The summed E-state index contributed by atoms with van der Waals surface area (Å²) in [7, 11) is 3.83. The monoisotopic (exact) mass is 318 g/mol. The minimum atomic E-state index is -0.857. The Morgan fingerprint density at radius 3 is 2.91 bits per heavy atom. The highest BCUT2D eigenvalue weighted by Gasteiger charge is 2.39. The summed E-state index contributed by atoms with van der Waals surface area (Å²) in [6, 6.07) is 1.76. The van der Waals surface area contributed by atoms with Crippen LogP contribution in [-0.2, 0) is 0 Å². The molecule has 0 aromatic carbocycles. The topological polar surface area (TPSA) is 82.7 Å². The number of amides is 1. The van der Waals surface area contributed by atoms with Crippen LogP contribution in [0.1, 0.15) is 28.2 Å². The van der Waals surface area contributed by atoms with Crippen molar-refractivity contribution in [3.05, 3.63) is 23.0 Å². The van der Waals surface area contributed by atoms with E-state index in [1.54, 1.807) is 17.9 Å².